The van der Waals surface area contributed by atoms with Gasteiger partial charge in [-0.25, -0.2) is 0 Å². The molecule has 0 spiro atoms. The van der Waals surface area contributed by atoms with Crippen molar-refractivity contribution in [2.24, 2.45) is 5.73 Å². The van der Waals surface area contributed by atoms with Crippen molar-refractivity contribution in [3.05, 3.63) is 58.7 Å². The van der Waals surface area contributed by atoms with Crippen molar-refractivity contribution in [1.82, 2.24) is 0 Å². The van der Waals surface area contributed by atoms with Gasteiger partial charge in [0.25, 0.3) is 0 Å². The molecule has 1 nitrogen and oxygen atoms in total. The monoisotopic (exact) mass is 271 g/mol. The summed E-state index contributed by atoms with van der Waals surface area (Å²) >= 11 is 0. The maximum Gasteiger partial charge on any atom is 0.00603 e. The van der Waals surface area contributed by atoms with Gasteiger partial charge in [-0.2, -0.15) is 0 Å². The van der Waals surface area contributed by atoms with E-state index in [1.807, 2.05) is 0 Å². The minimum Gasteiger partial charge on any atom is -0.330 e. The van der Waals surface area contributed by atoms with Gasteiger partial charge in [-0.15, -0.1) is 0 Å². The molecule has 1 unspecified atom stereocenters. The minimum atomic E-state index is 0.407. The fourth-order valence-corrected chi connectivity index (χ4v) is 2.67. The lowest BCUT2D eigenvalue weighted by molar-refractivity contribution is 0.819. The summed E-state index contributed by atoms with van der Waals surface area (Å²) in [6, 6.07) is 6.83. The minimum absolute atomic E-state index is 0.407. The number of allylic oxidation sites excluding steroid dienone is 3. The Morgan fingerprint density at radius 1 is 1.40 bits per heavy atom. The molecule has 0 bridgehead atoms. The van der Waals surface area contributed by atoms with Gasteiger partial charge in [-0.3, -0.25) is 0 Å². The van der Waals surface area contributed by atoms with Crippen molar-refractivity contribution >= 4 is 0 Å². The van der Waals surface area contributed by atoms with E-state index < -0.39 is 0 Å². The van der Waals surface area contributed by atoms with Crippen molar-refractivity contribution in [1.29, 1.82) is 0 Å². The zero-order valence-corrected chi connectivity index (χ0v) is 13.5. The number of aryl methyl sites for hydroxylation is 2. The zero-order valence-electron chi connectivity index (χ0n) is 13.5. The Morgan fingerprint density at radius 2 is 2.10 bits per heavy atom. The molecule has 110 valence electrons. The molecule has 1 aromatic carbocycles. The van der Waals surface area contributed by atoms with E-state index in [1.54, 1.807) is 0 Å². The molecule has 0 aliphatic carbocycles. The van der Waals surface area contributed by atoms with Crippen LogP contribution in [0.1, 0.15) is 56.2 Å². The molecule has 0 aromatic heterocycles. The number of rotatable bonds is 7. The van der Waals surface area contributed by atoms with Gasteiger partial charge in [0, 0.05) is 5.92 Å². The van der Waals surface area contributed by atoms with Gasteiger partial charge in [0.05, 0.1) is 0 Å². The molecule has 0 saturated carbocycles. The van der Waals surface area contributed by atoms with E-state index in [1.165, 1.54) is 27.8 Å². The zero-order chi connectivity index (χ0) is 15.1. The van der Waals surface area contributed by atoms with Crippen LogP contribution in [0.5, 0.6) is 0 Å². The summed E-state index contributed by atoms with van der Waals surface area (Å²) in [7, 11) is 0. The second-order valence-corrected chi connectivity index (χ2v) is 5.50. The molecule has 1 atom stereocenters. The van der Waals surface area contributed by atoms with E-state index in [2.05, 4.69) is 58.5 Å². The third kappa shape index (κ3) is 4.08. The molecule has 0 aliphatic heterocycles. The number of hydrogen-bond donors (Lipinski definition) is 1. The van der Waals surface area contributed by atoms with Crippen molar-refractivity contribution < 1.29 is 0 Å². The van der Waals surface area contributed by atoms with Crippen LogP contribution in [-0.2, 0) is 6.42 Å². The summed E-state index contributed by atoms with van der Waals surface area (Å²) in [4.78, 5) is 0. The van der Waals surface area contributed by atoms with Crippen LogP contribution in [0.25, 0.3) is 0 Å². The predicted molar refractivity (Wildman–Crippen MR) is 90.2 cm³/mol. The fourth-order valence-electron chi connectivity index (χ4n) is 2.67. The Bertz CT molecular complexity index is 483. The van der Waals surface area contributed by atoms with E-state index in [9.17, 15) is 0 Å². The van der Waals surface area contributed by atoms with E-state index in [0.717, 1.165) is 25.8 Å². The van der Waals surface area contributed by atoms with Gasteiger partial charge in [0.15, 0.2) is 0 Å². The summed E-state index contributed by atoms with van der Waals surface area (Å²) in [6.07, 6.45) is 5.34. The molecular weight excluding hydrogens is 242 g/mol. The van der Waals surface area contributed by atoms with Crippen LogP contribution in [-0.4, -0.2) is 6.54 Å². The van der Waals surface area contributed by atoms with Crippen molar-refractivity contribution in [3.8, 4) is 0 Å². The Kier molecular flexibility index (Phi) is 6.74. The summed E-state index contributed by atoms with van der Waals surface area (Å²) in [5.41, 5.74) is 12.4. The van der Waals surface area contributed by atoms with Crippen LogP contribution in [0.15, 0.2) is 42.0 Å². The second-order valence-electron chi connectivity index (χ2n) is 5.50. The van der Waals surface area contributed by atoms with E-state index in [0.29, 0.717) is 5.92 Å². The molecule has 0 amide bonds. The van der Waals surface area contributed by atoms with Gasteiger partial charge in [0.2, 0.25) is 0 Å². The first-order valence-electron chi connectivity index (χ1n) is 7.68. The first-order chi connectivity index (χ1) is 9.54. The van der Waals surface area contributed by atoms with E-state index in [4.69, 9.17) is 5.73 Å². The lowest BCUT2D eigenvalue weighted by Gasteiger charge is -2.19. The molecule has 0 fully saturated rings. The average molecular weight is 271 g/mol. The molecule has 0 radical (unpaired) electrons. The normalized spacial score (nSPS) is 13.3. The SMILES string of the molecule is C=C(CC)/C(=C\C)C(C)c1ccc(C)c(CCCN)c1. The summed E-state index contributed by atoms with van der Waals surface area (Å²) < 4.78 is 0. The van der Waals surface area contributed by atoms with Crippen LogP contribution in [0.3, 0.4) is 0 Å². The molecule has 0 heterocycles. The molecule has 1 aromatic rings. The number of nitrogens with two attached hydrogens (primary N) is 1. The van der Waals surface area contributed by atoms with Crippen LogP contribution in [0.2, 0.25) is 0 Å². The van der Waals surface area contributed by atoms with Gasteiger partial charge in [0.1, 0.15) is 0 Å². The van der Waals surface area contributed by atoms with Crippen molar-refractivity contribution in [3.63, 3.8) is 0 Å². The number of hydrogen-bond acceptors (Lipinski definition) is 1. The average Bonchev–Trinajstić information content (AvgIpc) is 2.46. The third-order valence-corrected chi connectivity index (χ3v) is 4.14. The molecule has 0 saturated heterocycles. The third-order valence-electron chi connectivity index (χ3n) is 4.14. The molecule has 2 N–H and O–H groups in total. The maximum atomic E-state index is 5.63. The molecule has 1 rings (SSSR count). The highest BCUT2D eigenvalue weighted by atomic mass is 14.5. The van der Waals surface area contributed by atoms with E-state index in [-0.39, 0.29) is 0 Å². The highest BCUT2D eigenvalue weighted by Gasteiger charge is 2.13. The lowest BCUT2D eigenvalue weighted by Crippen LogP contribution is -2.04. The molecular formula is C19H29N. The first kappa shape index (κ1) is 16.7. The Balaban J connectivity index is 3.04. The summed E-state index contributed by atoms with van der Waals surface area (Å²) in [5, 5.41) is 0. The highest BCUT2D eigenvalue weighted by Crippen LogP contribution is 2.31. The number of benzene rings is 1. The van der Waals surface area contributed by atoms with Crippen molar-refractivity contribution in [2.45, 2.75) is 52.9 Å². The van der Waals surface area contributed by atoms with Crippen LogP contribution < -0.4 is 5.73 Å². The fraction of sp³-hybridized carbons (Fsp3) is 0.474. The highest BCUT2D eigenvalue weighted by molar-refractivity contribution is 5.42. The summed E-state index contributed by atoms with van der Waals surface area (Å²) in [6.45, 7) is 13.7. The lowest BCUT2D eigenvalue weighted by atomic mass is 9.85. The van der Waals surface area contributed by atoms with Crippen LogP contribution in [0.4, 0.5) is 0 Å². The Labute approximate surface area is 124 Å². The topological polar surface area (TPSA) is 26.0 Å². The van der Waals surface area contributed by atoms with Crippen LogP contribution in [0, 0.1) is 6.92 Å². The second kappa shape index (κ2) is 8.06. The van der Waals surface area contributed by atoms with E-state index >= 15 is 0 Å². The van der Waals surface area contributed by atoms with Gasteiger partial charge in [-0.05, 0) is 61.9 Å². The first-order valence-corrected chi connectivity index (χ1v) is 7.68. The maximum absolute atomic E-state index is 5.63. The van der Waals surface area contributed by atoms with Crippen molar-refractivity contribution in [2.75, 3.05) is 6.54 Å². The summed E-state index contributed by atoms with van der Waals surface area (Å²) in [5.74, 6) is 0.407. The standard InChI is InChI=1S/C19H29N/c1-6-14(3)19(7-2)16(5)18-11-10-15(4)17(13-18)9-8-12-20/h7,10-11,13,16H,3,6,8-9,12,20H2,1-2,4-5H3/b19-7+. The smallest absolute Gasteiger partial charge is 0.00603 e. The molecule has 1 heteroatoms. The van der Waals surface area contributed by atoms with Crippen LogP contribution >= 0.6 is 0 Å². The Morgan fingerprint density at radius 3 is 2.65 bits per heavy atom. The Hall–Kier alpha value is -1.34. The van der Waals surface area contributed by atoms with Gasteiger partial charge < -0.3 is 5.73 Å². The predicted octanol–water partition coefficient (Wildman–Crippen LogP) is 4.90. The van der Waals surface area contributed by atoms with Gasteiger partial charge >= 0.3 is 0 Å². The molecule has 20 heavy (non-hydrogen) atoms. The molecule has 0 aliphatic rings. The quantitative estimate of drug-likeness (QED) is 0.701. The van der Waals surface area contributed by atoms with Gasteiger partial charge in [-0.1, -0.05) is 50.3 Å². The largest absolute Gasteiger partial charge is 0.330 e.